The van der Waals surface area contributed by atoms with Crippen molar-refractivity contribution in [1.82, 2.24) is 0 Å². The zero-order chi connectivity index (χ0) is 38.0. The van der Waals surface area contributed by atoms with E-state index < -0.39 is 40.4 Å². The van der Waals surface area contributed by atoms with Gasteiger partial charge in [0.1, 0.15) is 0 Å². The Morgan fingerprint density at radius 2 is 1.34 bits per heavy atom. The van der Waals surface area contributed by atoms with Crippen molar-refractivity contribution in [3.8, 4) is 34.5 Å². The van der Waals surface area contributed by atoms with Gasteiger partial charge in [-0.05, 0) is 77.1 Å². The summed E-state index contributed by atoms with van der Waals surface area (Å²) in [5.41, 5.74) is 0.222. The van der Waals surface area contributed by atoms with Gasteiger partial charge >= 0.3 is 0 Å². The number of benzene rings is 2. The Hall–Kier alpha value is -2.49. The quantitative estimate of drug-likeness (QED) is 0.120. The van der Waals surface area contributed by atoms with Gasteiger partial charge in [-0.1, -0.05) is 69.2 Å². The smallest absolute Gasteiger partial charge is 0.250 e. The molecule has 0 saturated carbocycles. The van der Waals surface area contributed by atoms with Crippen molar-refractivity contribution in [2.24, 2.45) is 5.92 Å². The van der Waals surface area contributed by atoms with E-state index in [0.717, 1.165) is 0 Å². The Bertz CT molecular complexity index is 1410. The van der Waals surface area contributed by atoms with Crippen LogP contribution in [-0.2, 0) is 9.16 Å². The molecule has 0 spiro atoms. The van der Waals surface area contributed by atoms with Gasteiger partial charge in [0.15, 0.2) is 29.8 Å². The third-order valence-corrected chi connectivity index (χ3v) is 21.4. The van der Waals surface area contributed by atoms with E-state index in [9.17, 15) is 10.2 Å². The predicted octanol–water partition coefficient (Wildman–Crippen LogP) is 9.15. The Kier molecular flexibility index (Phi) is 13.4. The third kappa shape index (κ3) is 8.26. The molecule has 2 aromatic carbocycles. The molecule has 0 aromatic heterocycles. The second-order valence-electron chi connectivity index (χ2n) is 16.2. The standard InChI is InChI=1S/C38H64O10Si2/c1-23(2)50(24(3)4,25(5)6)48-36(28-19-29(42-13)34(43-14)32(20-28)47-49(15,16)37(8,9)10)38(11,40)26(7)33(39)27-17-30(44-21-41-12)35-31(18-27)45-22-46-35/h17-20,23-26,33,36,39-40H,21-22H2,1-16H3/t26-,33+,36+,38-/m0/s1. The molecule has 0 bridgehead atoms. The van der Waals surface area contributed by atoms with Crippen molar-refractivity contribution in [3.05, 3.63) is 35.4 Å². The number of aliphatic hydroxyl groups is 2. The highest BCUT2D eigenvalue weighted by Crippen LogP contribution is 2.53. The molecule has 1 heterocycles. The molecule has 0 aliphatic carbocycles. The molecule has 0 saturated heterocycles. The number of fused-ring (bicyclic) bond motifs is 1. The first-order valence-electron chi connectivity index (χ1n) is 17.7. The summed E-state index contributed by atoms with van der Waals surface area (Å²) in [4.78, 5) is 0. The lowest BCUT2D eigenvalue weighted by Gasteiger charge is -2.49. The molecule has 2 N–H and O–H groups in total. The zero-order valence-electron chi connectivity index (χ0n) is 33.3. The molecule has 12 heteroatoms. The van der Waals surface area contributed by atoms with Gasteiger partial charge in [-0.15, -0.1) is 0 Å². The number of hydrogen-bond acceptors (Lipinski definition) is 10. The van der Waals surface area contributed by atoms with E-state index in [1.165, 1.54) is 7.11 Å². The molecule has 0 unspecified atom stereocenters. The highest BCUT2D eigenvalue weighted by Gasteiger charge is 2.52. The van der Waals surface area contributed by atoms with Crippen molar-refractivity contribution in [2.75, 3.05) is 34.9 Å². The monoisotopic (exact) mass is 736 g/mol. The lowest BCUT2D eigenvalue weighted by molar-refractivity contribution is -0.124. The van der Waals surface area contributed by atoms with Crippen LogP contribution >= 0.6 is 0 Å². The summed E-state index contributed by atoms with van der Waals surface area (Å²) in [6.07, 6.45) is -2.03. The Labute approximate surface area is 302 Å². The molecule has 0 amide bonds. The van der Waals surface area contributed by atoms with Crippen LogP contribution in [0, 0.1) is 5.92 Å². The summed E-state index contributed by atoms with van der Waals surface area (Å²) in [5, 5.41) is 24.9. The van der Waals surface area contributed by atoms with Crippen molar-refractivity contribution < 1.29 is 47.5 Å². The van der Waals surface area contributed by atoms with Crippen molar-refractivity contribution >= 4 is 16.6 Å². The fourth-order valence-electron chi connectivity index (χ4n) is 6.99. The molecule has 284 valence electrons. The van der Waals surface area contributed by atoms with E-state index in [4.69, 9.17) is 37.3 Å². The van der Waals surface area contributed by atoms with E-state index in [2.05, 4.69) is 75.4 Å². The van der Waals surface area contributed by atoms with Crippen LogP contribution in [0.5, 0.6) is 34.5 Å². The van der Waals surface area contributed by atoms with E-state index in [1.807, 2.05) is 19.1 Å². The van der Waals surface area contributed by atoms with Gasteiger partial charge in [0, 0.05) is 13.0 Å². The SMILES string of the molecule is COCOc1cc([C@H](O)[C@H](C)[C@](C)(O)[C@H](O[Si](C(C)C)(C(C)C)C(C)C)c2cc(OC)c(OC)c(O[Si](C)(C)C(C)(C)C)c2)cc2c1OCO2. The van der Waals surface area contributed by atoms with E-state index in [1.54, 1.807) is 33.3 Å². The van der Waals surface area contributed by atoms with E-state index in [0.29, 0.717) is 45.6 Å². The zero-order valence-corrected chi connectivity index (χ0v) is 35.3. The van der Waals surface area contributed by atoms with Crippen LogP contribution in [0.2, 0.25) is 34.8 Å². The van der Waals surface area contributed by atoms with Crippen LogP contribution in [0.1, 0.15) is 99.5 Å². The van der Waals surface area contributed by atoms with Crippen LogP contribution in [0.25, 0.3) is 0 Å². The average molecular weight is 737 g/mol. The van der Waals surface area contributed by atoms with Gasteiger partial charge in [0.2, 0.25) is 26.6 Å². The first-order chi connectivity index (χ1) is 23.1. The minimum atomic E-state index is -2.64. The summed E-state index contributed by atoms with van der Waals surface area (Å²) in [6, 6.07) is 7.23. The fraction of sp³-hybridized carbons (Fsp3) is 0.684. The van der Waals surface area contributed by atoms with E-state index in [-0.39, 0.29) is 35.2 Å². The minimum absolute atomic E-state index is 0.0105. The molecule has 4 atom stereocenters. The second-order valence-corrected chi connectivity index (χ2v) is 26.3. The topological polar surface area (TPSA) is 114 Å². The van der Waals surface area contributed by atoms with Gasteiger partial charge in [0.05, 0.1) is 32.0 Å². The maximum Gasteiger partial charge on any atom is 0.250 e. The van der Waals surface area contributed by atoms with Gasteiger partial charge in [0.25, 0.3) is 8.32 Å². The lowest BCUT2D eigenvalue weighted by Crippen LogP contribution is -2.54. The van der Waals surface area contributed by atoms with Crippen molar-refractivity contribution in [1.29, 1.82) is 0 Å². The Morgan fingerprint density at radius 3 is 1.84 bits per heavy atom. The lowest BCUT2D eigenvalue weighted by atomic mass is 9.77. The van der Waals surface area contributed by atoms with Crippen LogP contribution in [-0.4, -0.2) is 67.4 Å². The van der Waals surface area contributed by atoms with Gasteiger partial charge < -0.3 is 47.5 Å². The normalized spacial score (nSPS) is 16.7. The predicted molar refractivity (Wildman–Crippen MR) is 202 cm³/mol. The van der Waals surface area contributed by atoms with Crippen LogP contribution in [0.15, 0.2) is 24.3 Å². The molecule has 1 aliphatic rings. The Morgan fingerprint density at radius 1 is 0.780 bits per heavy atom. The van der Waals surface area contributed by atoms with Gasteiger partial charge in [-0.25, -0.2) is 0 Å². The maximum absolute atomic E-state index is 12.9. The van der Waals surface area contributed by atoms with Crippen LogP contribution in [0.3, 0.4) is 0 Å². The molecule has 2 aromatic rings. The first kappa shape index (κ1) is 41.9. The molecular weight excluding hydrogens is 673 g/mol. The summed E-state index contributed by atoms with van der Waals surface area (Å²) >= 11 is 0. The van der Waals surface area contributed by atoms with Crippen LogP contribution in [0.4, 0.5) is 0 Å². The minimum Gasteiger partial charge on any atom is -0.541 e. The fourth-order valence-corrected chi connectivity index (χ4v) is 13.6. The number of ether oxygens (including phenoxy) is 6. The van der Waals surface area contributed by atoms with Crippen LogP contribution < -0.4 is 28.1 Å². The molecule has 50 heavy (non-hydrogen) atoms. The Balaban J connectivity index is 2.29. The molecule has 0 fully saturated rings. The molecule has 3 rings (SSSR count). The summed E-state index contributed by atoms with van der Waals surface area (Å²) < 4.78 is 48.4. The van der Waals surface area contributed by atoms with Gasteiger partial charge in [-0.3, -0.25) is 0 Å². The molecule has 1 aliphatic heterocycles. The maximum atomic E-state index is 12.9. The largest absolute Gasteiger partial charge is 0.541 e. The average Bonchev–Trinajstić information content (AvgIpc) is 3.50. The third-order valence-electron chi connectivity index (χ3n) is 11.0. The summed E-state index contributed by atoms with van der Waals surface area (Å²) in [7, 11) is -0.272. The molecule has 0 radical (unpaired) electrons. The summed E-state index contributed by atoms with van der Waals surface area (Å²) in [6.45, 7) is 27.8. The summed E-state index contributed by atoms with van der Waals surface area (Å²) in [5.74, 6) is 2.01. The molecule has 10 nitrogen and oxygen atoms in total. The highest BCUT2D eigenvalue weighted by molar-refractivity contribution is 6.77. The number of rotatable bonds is 17. The first-order valence-corrected chi connectivity index (χ1v) is 22.7. The van der Waals surface area contributed by atoms with E-state index >= 15 is 0 Å². The van der Waals surface area contributed by atoms with Crippen molar-refractivity contribution in [3.63, 3.8) is 0 Å². The van der Waals surface area contributed by atoms with Crippen molar-refractivity contribution in [2.45, 2.75) is 129 Å². The van der Waals surface area contributed by atoms with Gasteiger partial charge in [-0.2, -0.15) is 0 Å². The second kappa shape index (κ2) is 16.0. The number of aliphatic hydroxyl groups excluding tert-OH is 1. The highest BCUT2D eigenvalue weighted by atomic mass is 28.4. The molecular formula is C38H64O10Si2. The number of methoxy groups -OCH3 is 3. The number of hydrogen-bond donors (Lipinski definition) is 2.